The van der Waals surface area contributed by atoms with Gasteiger partial charge in [0, 0.05) is 14.1 Å². The Bertz CT molecular complexity index is 1420. The first-order valence-corrected chi connectivity index (χ1v) is 16.0. The van der Waals surface area contributed by atoms with E-state index in [4.69, 9.17) is 10.5 Å². The van der Waals surface area contributed by atoms with Gasteiger partial charge in [-0.25, -0.2) is 0 Å². The minimum atomic E-state index is -4.34. The van der Waals surface area contributed by atoms with Gasteiger partial charge in [-0.3, -0.25) is 0 Å². The molecule has 43 heavy (non-hydrogen) atoms. The number of hydrogen-bond acceptors (Lipinski definition) is 5. The second-order valence-corrected chi connectivity index (χ2v) is 12.0. The molecule has 11 heteroatoms. The molecule has 0 saturated heterocycles. The number of alkyl halides is 3. The number of nitrogen functional groups attached to an aromatic ring is 1. The first kappa shape index (κ1) is 35.6. The van der Waals surface area contributed by atoms with Crippen molar-refractivity contribution in [3.63, 3.8) is 0 Å². The predicted molar refractivity (Wildman–Crippen MR) is 170 cm³/mol. The Hall–Kier alpha value is -3.61. The van der Waals surface area contributed by atoms with E-state index in [0.29, 0.717) is 22.5 Å². The molecule has 1 aromatic carbocycles. The van der Waals surface area contributed by atoms with Crippen molar-refractivity contribution in [3.8, 4) is 17.6 Å². The summed E-state index contributed by atoms with van der Waals surface area (Å²) in [5.41, 5.74) is 7.52. The molecule has 3 aromatic rings. The monoisotopic (exact) mass is 665 g/mol. The number of anilines is 2. The van der Waals surface area contributed by atoms with E-state index in [1.165, 1.54) is 67.0 Å². The van der Waals surface area contributed by atoms with Crippen molar-refractivity contribution in [1.29, 1.82) is 0 Å². The van der Waals surface area contributed by atoms with Gasteiger partial charge in [0.25, 0.3) is 0 Å². The number of aromatic nitrogens is 2. The molecule has 1 aliphatic rings. The maximum absolute atomic E-state index is 13.1. The normalized spacial score (nSPS) is 15.2. The van der Waals surface area contributed by atoms with Crippen molar-refractivity contribution in [3.05, 3.63) is 59.9 Å². The molecule has 0 aliphatic heterocycles. The fourth-order valence-electron chi connectivity index (χ4n) is 4.25. The molecule has 0 fully saturated rings. The number of fused-ring (bicyclic) bond motifs is 1. The van der Waals surface area contributed by atoms with Gasteiger partial charge >= 0.3 is 175 Å². The van der Waals surface area contributed by atoms with E-state index in [2.05, 4.69) is 41.2 Å². The van der Waals surface area contributed by atoms with Crippen molar-refractivity contribution < 1.29 is 22.7 Å². The molecular formula is C32H42F3N5O2Se. The van der Waals surface area contributed by atoms with Gasteiger partial charge in [-0.2, -0.15) is 0 Å². The Labute approximate surface area is 259 Å². The number of carbonyl (C=O) groups excluding carboxylic acids is 1. The van der Waals surface area contributed by atoms with E-state index in [1.807, 2.05) is 13.8 Å². The molecule has 0 bridgehead atoms. The predicted octanol–water partition coefficient (Wildman–Crippen LogP) is 6.11. The Kier molecular flexibility index (Phi) is 14.5. The summed E-state index contributed by atoms with van der Waals surface area (Å²) in [6.45, 7) is 6.51. The third kappa shape index (κ3) is 11.2. The molecule has 234 valence electrons. The molecule has 1 atom stereocenters. The summed E-state index contributed by atoms with van der Waals surface area (Å²) in [6, 6.07) is 6.47. The number of allylic oxidation sites excluding steroid dienone is 2. The van der Waals surface area contributed by atoms with Crippen LogP contribution in [0, 0.1) is 17.8 Å². The standard InChI is InChI=1S/C21H20F3N5O2Se.C9H16.C2H6/c1-28(2)19(30)13-6-7-15(17(12-13)31-3)26-8-4-5-14-11-16-18(25)27-9-10-29(16)20(14)32-21(22,23)24;1-9-7-5-3-2-4-6-8-9;1-2/h6-7,9-12,26H,8H2,1-3H3,(H2,25,27);2-3,9H,4-8H2,1H3;1-2H3/b;3-2-;. The Morgan fingerprint density at radius 3 is 2.60 bits per heavy atom. The molecule has 7 nitrogen and oxygen atoms in total. The molecule has 0 spiro atoms. The number of ether oxygens (including phenoxy) is 1. The number of nitrogens with two attached hydrogens (primary N) is 1. The van der Waals surface area contributed by atoms with Gasteiger partial charge in [0.2, 0.25) is 0 Å². The molecular weight excluding hydrogens is 622 g/mol. The van der Waals surface area contributed by atoms with Gasteiger partial charge in [-0.15, -0.1) is 0 Å². The molecule has 4 rings (SSSR count). The van der Waals surface area contributed by atoms with Crippen LogP contribution in [-0.4, -0.2) is 68.0 Å². The van der Waals surface area contributed by atoms with E-state index in [0.717, 1.165) is 5.92 Å². The van der Waals surface area contributed by atoms with Gasteiger partial charge in [-0.05, 0) is 31.6 Å². The molecule has 3 N–H and O–H groups in total. The summed E-state index contributed by atoms with van der Waals surface area (Å²) in [7, 11) is 4.78. The molecule has 1 amide bonds. The number of methoxy groups -OCH3 is 1. The van der Waals surface area contributed by atoms with Crippen molar-refractivity contribution in [2.75, 3.05) is 38.8 Å². The van der Waals surface area contributed by atoms with Crippen molar-refractivity contribution in [2.45, 2.75) is 58.0 Å². The quantitative estimate of drug-likeness (QED) is 0.196. The molecule has 2 heterocycles. The van der Waals surface area contributed by atoms with E-state index in [1.54, 1.807) is 32.3 Å². The topological polar surface area (TPSA) is 84.9 Å². The summed E-state index contributed by atoms with van der Waals surface area (Å²) in [6.07, 6.45) is 14.3. The van der Waals surface area contributed by atoms with Gasteiger partial charge < -0.3 is 0 Å². The Morgan fingerprint density at radius 2 is 1.93 bits per heavy atom. The number of benzene rings is 1. The number of nitrogens with zero attached hydrogens (tertiary/aromatic N) is 3. The van der Waals surface area contributed by atoms with E-state index >= 15 is 0 Å². The number of rotatable bonds is 5. The average Bonchev–Trinajstić information content (AvgIpc) is 3.31. The zero-order chi connectivity index (χ0) is 32.0. The van der Waals surface area contributed by atoms with Crippen LogP contribution in [0.2, 0.25) is 0 Å². The third-order valence-electron chi connectivity index (χ3n) is 6.40. The van der Waals surface area contributed by atoms with Crippen molar-refractivity contribution in [1.82, 2.24) is 14.3 Å². The summed E-state index contributed by atoms with van der Waals surface area (Å²) < 4.78 is 46.2. The first-order chi connectivity index (χ1) is 20.5. The average molecular weight is 665 g/mol. The van der Waals surface area contributed by atoms with Crippen molar-refractivity contribution >= 4 is 42.5 Å². The number of amides is 1. The maximum atomic E-state index is 13.1. The van der Waals surface area contributed by atoms with E-state index in [-0.39, 0.29) is 28.4 Å². The number of halogens is 3. The van der Waals surface area contributed by atoms with Gasteiger partial charge in [0.15, 0.2) is 0 Å². The van der Waals surface area contributed by atoms with Crippen LogP contribution in [0.25, 0.3) is 5.52 Å². The third-order valence-corrected chi connectivity index (χ3v) is 8.16. The fourth-order valence-corrected chi connectivity index (χ4v) is 5.72. The van der Waals surface area contributed by atoms with Gasteiger partial charge in [0.05, 0.1) is 0 Å². The van der Waals surface area contributed by atoms with Crippen LogP contribution >= 0.6 is 0 Å². The molecule has 1 aliphatic carbocycles. The summed E-state index contributed by atoms with van der Waals surface area (Å²) in [5.74, 6) is 7.03. The molecule has 0 radical (unpaired) electrons. The number of carbonyl (C=O) groups is 1. The Balaban J connectivity index is 0.000000496. The van der Waals surface area contributed by atoms with E-state index in [9.17, 15) is 18.0 Å². The minimum absolute atomic E-state index is 0.0609. The summed E-state index contributed by atoms with van der Waals surface area (Å²) >= 11 is -1.80. The first-order valence-electron chi connectivity index (χ1n) is 14.3. The number of nitrogens with one attached hydrogen (secondary N) is 1. The van der Waals surface area contributed by atoms with Crippen LogP contribution in [0.1, 0.15) is 68.8 Å². The molecule has 0 saturated carbocycles. The van der Waals surface area contributed by atoms with Crippen molar-refractivity contribution in [2.24, 2.45) is 5.92 Å². The zero-order valence-corrected chi connectivity index (χ0v) is 27.4. The van der Waals surface area contributed by atoms with Crippen LogP contribution in [0.5, 0.6) is 5.75 Å². The molecule has 1 unspecified atom stereocenters. The van der Waals surface area contributed by atoms with E-state index < -0.39 is 20.0 Å². The van der Waals surface area contributed by atoms with Crippen LogP contribution in [0.4, 0.5) is 24.7 Å². The summed E-state index contributed by atoms with van der Waals surface area (Å²) in [4.78, 5) is 17.5. The Morgan fingerprint density at radius 1 is 1.21 bits per heavy atom. The second kappa shape index (κ2) is 17.5. The fraction of sp³-hybridized carbons (Fsp3) is 0.438. The zero-order valence-electron chi connectivity index (χ0n) is 25.7. The van der Waals surface area contributed by atoms with Crippen LogP contribution in [0.15, 0.2) is 48.8 Å². The second-order valence-electron chi connectivity index (χ2n) is 9.83. The molecule has 2 aromatic heterocycles. The number of hydrogen-bond donors (Lipinski definition) is 2. The van der Waals surface area contributed by atoms with Gasteiger partial charge in [0.1, 0.15) is 0 Å². The SMILES string of the molecule is CC.CC1CC/C=C\CCC1.COc1cc(C(=O)N(C)C)ccc1NCC#Cc1cc2c(N)nccn2c1[Se]C(F)(F)F. The van der Waals surface area contributed by atoms with Gasteiger partial charge in [-0.1, -0.05) is 39.3 Å². The van der Waals surface area contributed by atoms with Crippen LogP contribution < -0.4 is 20.4 Å². The van der Waals surface area contributed by atoms with Crippen LogP contribution in [-0.2, 0) is 0 Å². The summed E-state index contributed by atoms with van der Waals surface area (Å²) in [5, 5.41) is -1.28. The van der Waals surface area contributed by atoms with Crippen LogP contribution in [0.3, 0.4) is 0 Å².